The smallest absolute Gasteiger partial charge is 0.406 e. The summed E-state index contributed by atoms with van der Waals surface area (Å²) in [6.07, 6.45) is 1.36. The quantitative estimate of drug-likeness (QED) is 0.418. The summed E-state index contributed by atoms with van der Waals surface area (Å²) in [5.74, 6) is 0.432. The lowest BCUT2D eigenvalue weighted by Gasteiger charge is -2.57. The molecule has 4 fully saturated rings. The van der Waals surface area contributed by atoms with Crippen LogP contribution in [0.15, 0.2) is 33.6 Å². The van der Waals surface area contributed by atoms with Crippen LogP contribution in [0.5, 0.6) is 5.75 Å². The summed E-state index contributed by atoms with van der Waals surface area (Å²) >= 11 is 0. The van der Waals surface area contributed by atoms with Gasteiger partial charge in [-0.3, -0.25) is 4.79 Å². The van der Waals surface area contributed by atoms with E-state index in [9.17, 15) is 26.4 Å². The highest BCUT2D eigenvalue weighted by molar-refractivity contribution is 7.90. The minimum absolute atomic E-state index is 0.0844. The maximum atomic E-state index is 12.9. The van der Waals surface area contributed by atoms with Crippen molar-refractivity contribution in [1.29, 1.82) is 0 Å². The van der Waals surface area contributed by atoms with Gasteiger partial charge in [0.1, 0.15) is 11.8 Å². The molecule has 1 atom stereocenters. The van der Waals surface area contributed by atoms with E-state index in [2.05, 4.69) is 19.8 Å². The van der Waals surface area contributed by atoms with Gasteiger partial charge >= 0.3 is 6.36 Å². The predicted octanol–water partition coefficient (Wildman–Crippen LogP) is 2.65. The third-order valence-electron chi connectivity index (χ3n) is 6.77. The average Bonchev–Trinajstić information content (AvgIpc) is 2.65. The number of nitrogens with zero attached hydrogens (tertiary/aromatic N) is 1. The van der Waals surface area contributed by atoms with Crippen LogP contribution in [0, 0.1) is 17.8 Å². The van der Waals surface area contributed by atoms with Crippen LogP contribution in [0.1, 0.15) is 45.4 Å². The molecule has 8 nitrogen and oxygen atoms in total. The van der Waals surface area contributed by atoms with E-state index in [1.54, 1.807) is 0 Å². The number of alkyl halides is 3. The highest BCUT2D eigenvalue weighted by Crippen LogP contribution is 2.55. The van der Waals surface area contributed by atoms with E-state index in [1.165, 1.54) is 26.2 Å². The molecule has 0 saturated heterocycles. The van der Waals surface area contributed by atoms with Crippen LogP contribution in [0.2, 0.25) is 0 Å². The van der Waals surface area contributed by atoms with E-state index in [1.807, 2.05) is 0 Å². The fourth-order valence-electron chi connectivity index (χ4n) is 5.86. The largest absolute Gasteiger partial charge is 0.573 e. The Morgan fingerprint density at radius 2 is 1.64 bits per heavy atom. The number of rotatable bonds is 6. The molecule has 4 N–H and O–H groups in total. The lowest BCUT2D eigenvalue weighted by Crippen LogP contribution is -2.63. The van der Waals surface area contributed by atoms with Crippen LogP contribution >= 0.6 is 0 Å². The summed E-state index contributed by atoms with van der Waals surface area (Å²) < 4.78 is 70.6. The maximum absolute atomic E-state index is 12.9. The van der Waals surface area contributed by atoms with Crippen LogP contribution in [0.4, 0.5) is 13.2 Å². The SMILES string of the molecule is CC(N/C(=N/S(=O)(=O)c1ccc(OC(F)(F)F)cc1)NC12CC3CC(CC(C3)C1)C2)C(N)=O. The molecule has 182 valence electrons. The Labute approximate surface area is 190 Å². The van der Waals surface area contributed by atoms with Gasteiger partial charge in [-0.1, -0.05) is 0 Å². The second kappa shape index (κ2) is 8.37. The molecule has 0 heterocycles. The van der Waals surface area contributed by atoms with Crippen LogP contribution in [0.3, 0.4) is 0 Å². The fraction of sp³-hybridized carbons (Fsp3) is 0.619. The molecule has 1 unspecified atom stereocenters. The molecule has 33 heavy (non-hydrogen) atoms. The van der Waals surface area contributed by atoms with Gasteiger partial charge in [-0.25, -0.2) is 0 Å². The number of halogens is 3. The van der Waals surface area contributed by atoms with Gasteiger partial charge in [0.25, 0.3) is 10.0 Å². The lowest BCUT2D eigenvalue weighted by atomic mass is 9.53. The van der Waals surface area contributed by atoms with E-state index in [0.29, 0.717) is 17.8 Å². The third-order valence-corrected chi connectivity index (χ3v) is 8.06. The van der Waals surface area contributed by atoms with Gasteiger partial charge in [0.15, 0.2) is 0 Å². The highest BCUT2D eigenvalue weighted by Gasteiger charge is 2.51. The molecular weight excluding hydrogens is 461 g/mol. The summed E-state index contributed by atoms with van der Waals surface area (Å²) in [5.41, 5.74) is 5.04. The van der Waals surface area contributed by atoms with Gasteiger partial charge in [-0.15, -0.1) is 17.6 Å². The Morgan fingerprint density at radius 3 is 2.09 bits per heavy atom. The second-order valence-electron chi connectivity index (χ2n) is 9.53. The molecule has 5 rings (SSSR count). The Hall–Kier alpha value is -2.50. The van der Waals surface area contributed by atoms with Crippen molar-refractivity contribution in [3.8, 4) is 5.75 Å². The highest BCUT2D eigenvalue weighted by atomic mass is 32.2. The number of nitrogens with two attached hydrogens (primary N) is 1. The van der Waals surface area contributed by atoms with Crippen LogP contribution in [-0.4, -0.2) is 38.2 Å². The van der Waals surface area contributed by atoms with Crippen molar-refractivity contribution in [3.05, 3.63) is 24.3 Å². The zero-order valence-corrected chi connectivity index (χ0v) is 18.9. The van der Waals surface area contributed by atoms with Crippen molar-refractivity contribution in [2.45, 2.75) is 68.3 Å². The first-order valence-corrected chi connectivity index (χ1v) is 12.3. The first-order valence-electron chi connectivity index (χ1n) is 10.9. The molecule has 1 aromatic rings. The molecule has 4 aliphatic rings. The first kappa shape index (κ1) is 23.7. The molecule has 4 saturated carbocycles. The molecule has 0 aromatic heterocycles. The number of hydrogen-bond acceptors (Lipinski definition) is 4. The molecule has 1 amide bonds. The molecule has 0 aliphatic heterocycles. The molecular formula is C21H27F3N4O4S. The van der Waals surface area contributed by atoms with Crippen molar-refractivity contribution in [2.75, 3.05) is 0 Å². The number of nitrogens with one attached hydrogen (secondary N) is 2. The number of benzene rings is 1. The molecule has 12 heteroatoms. The van der Waals surface area contributed by atoms with Gasteiger partial charge < -0.3 is 21.1 Å². The number of amides is 1. The van der Waals surface area contributed by atoms with Crippen molar-refractivity contribution >= 4 is 21.9 Å². The number of carbonyl (C=O) groups excluding carboxylic acids is 1. The van der Waals surface area contributed by atoms with Gasteiger partial charge in [0, 0.05) is 5.54 Å². The van der Waals surface area contributed by atoms with Crippen LogP contribution in [0.25, 0.3) is 0 Å². The minimum Gasteiger partial charge on any atom is -0.406 e. The van der Waals surface area contributed by atoms with Crippen molar-refractivity contribution in [1.82, 2.24) is 10.6 Å². The zero-order valence-electron chi connectivity index (χ0n) is 18.1. The van der Waals surface area contributed by atoms with Crippen molar-refractivity contribution < 1.29 is 31.1 Å². The Bertz CT molecular complexity index is 1010. The number of primary amides is 1. The van der Waals surface area contributed by atoms with Crippen LogP contribution < -0.4 is 21.1 Å². The fourth-order valence-corrected chi connectivity index (χ4v) is 6.79. The number of guanidine groups is 1. The van der Waals surface area contributed by atoms with Gasteiger partial charge in [-0.2, -0.15) is 8.42 Å². The number of carbonyl (C=O) groups is 1. The molecule has 4 bridgehead atoms. The van der Waals surface area contributed by atoms with E-state index in [4.69, 9.17) is 5.73 Å². The van der Waals surface area contributed by atoms with E-state index >= 15 is 0 Å². The molecule has 0 radical (unpaired) electrons. The van der Waals surface area contributed by atoms with Crippen molar-refractivity contribution in [3.63, 3.8) is 0 Å². The monoisotopic (exact) mass is 488 g/mol. The Morgan fingerprint density at radius 1 is 1.12 bits per heavy atom. The molecule has 4 aliphatic carbocycles. The van der Waals surface area contributed by atoms with Gasteiger partial charge in [-0.05, 0) is 87.5 Å². The Kier molecular flexibility index (Phi) is 6.00. The summed E-state index contributed by atoms with van der Waals surface area (Å²) in [4.78, 5) is 11.3. The molecule has 1 aromatic carbocycles. The first-order chi connectivity index (χ1) is 15.3. The predicted molar refractivity (Wildman–Crippen MR) is 114 cm³/mol. The lowest BCUT2D eigenvalue weighted by molar-refractivity contribution is -0.274. The van der Waals surface area contributed by atoms with E-state index in [0.717, 1.165) is 43.5 Å². The Balaban J connectivity index is 1.59. The van der Waals surface area contributed by atoms with E-state index < -0.39 is 34.1 Å². The summed E-state index contributed by atoms with van der Waals surface area (Å²) in [7, 11) is -4.30. The maximum Gasteiger partial charge on any atom is 0.573 e. The summed E-state index contributed by atoms with van der Waals surface area (Å²) in [6, 6.07) is 2.89. The number of ether oxygens (including phenoxy) is 1. The number of hydrogen-bond donors (Lipinski definition) is 3. The van der Waals surface area contributed by atoms with Gasteiger partial charge in [0.05, 0.1) is 4.90 Å². The molecule has 0 spiro atoms. The summed E-state index contributed by atoms with van der Waals surface area (Å²) in [5, 5.41) is 6.07. The zero-order chi connectivity index (χ0) is 24.0. The van der Waals surface area contributed by atoms with Crippen LogP contribution in [-0.2, 0) is 14.8 Å². The topological polar surface area (TPSA) is 123 Å². The minimum atomic E-state index is -4.89. The van der Waals surface area contributed by atoms with E-state index in [-0.39, 0.29) is 16.4 Å². The second-order valence-corrected chi connectivity index (χ2v) is 11.1. The summed E-state index contributed by atoms with van der Waals surface area (Å²) in [6.45, 7) is 1.50. The van der Waals surface area contributed by atoms with Crippen molar-refractivity contribution in [2.24, 2.45) is 27.9 Å². The third kappa shape index (κ3) is 5.53. The normalized spacial score (nSPS) is 30.1. The standard InChI is InChI=1S/C21H27F3N4O4S/c1-12(18(25)29)26-19(27-20-9-13-6-14(10-20)8-15(7-13)11-20)28-33(30,31)17-4-2-16(3-5-17)32-21(22,23)24/h2-5,12-15H,6-11H2,1H3,(H2,25,29)(H2,26,27,28). The van der Waals surface area contributed by atoms with Gasteiger partial charge in [0.2, 0.25) is 11.9 Å². The average molecular weight is 489 g/mol. The number of sulfonamides is 1.